The van der Waals surface area contributed by atoms with E-state index in [0.29, 0.717) is 16.9 Å². The van der Waals surface area contributed by atoms with Crippen LogP contribution in [-0.4, -0.2) is 40.0 Å². The Labute approximate surface area is 123 Å². The maximum absolute atomic E-state index is 11.9. The predicted molar refractivity (Wildman–Crippen MR) is 80.4 cm³/mol. The molecule has 2 rings (SSSR count). The van der Waals surface area contributed by atoms with Gasteiger partial charge in [-0.1, -0.05) is 0 Å². The average Bonchev–Trinajstić information content (AvgIpc) is 2.63. The van der Waals surface area contributed by atoms with E-state index >= 15 is 0 Å². The molecule has 0 amide bonds. The first-order valence-electron chi connectivity index (χ1n) is 6.43. The largest absolute Gasteiger partial charge is 0.478 e. The van der Waals surface area contributed by atoms with E-state index < -0.39 is 20.6 Å². The molecule has 1 N–H and O–H groups in total. The zero-order valence-corrected chi connectivity index (χ0v) is 13.2. The van der Waals surface area contributed by atoms with E-state index in [4.69, 9.17) is 5.11 Å². The van der Waals surface area contributed by atoms with Crippen molar-refractivity contribution in [1.82, 2.24) is 9.55 Å². The lowest BCUT2D eigenvalue weighted by Gasteiger charge is -2.24. The molecule has 0 radical (unpaired) electrons. The van der Waals surface area contributed by atoms with Crippen LogP contribution in [0.4, 0.5) is 0 Å². The SMILES string of the molecule is Cc1nc2ccc(C(=O)O)cc2n1CC(C)(C)S(C)(=O)=O. The highest BCUT2D eigenvalue weighted by atomic mass is 32.2. The molecule has 7 heteroatoms. The van der Waals surface area contributed by atoms with Crippen LogP contribution < -0.4 is 0 Å². The number of fused-ring (bicyclic) bond motifs is 1. The lowest BCUT2D eigenvalue weighted by molar-refractivity contribution is 0.0697. The third-order valence-corrected chi connectivity index (χ3v) is 5.87. The summed E-state index contributed by atoms with van der Waals surface area (Å²) >= 11 is 0. The van der Waals surface area contributed by atoms with Gasteiger partial charge in [-0.05, 0) is 39.0 Å². The number of hydrogen-bond donors (Lipinski definition) is 1. The molecule has 21 heavy (non-hydrogen) atoms. The van der Waals surface area contributed by atoms with Crippen molar-refractivity contribution in [3.8, 4) is 0 Å². The molecule has 0 atom stereocenters. The molecule has 1 heterocycles. The summed E-state index contributed by atoms with van der Waals surface area (Å²) in [4.78, 5) is 15.4. The van der Waals surface area contributed by atoms with E-state index in [1.54, 1.807) is 31.4 Å². The monoisotopic (exact) mass is 310 g/mol. The number of aryl methyl sites for hydroxylation is 1. The molecule has 6 nitrogen and oxygen atoms in total. The molecular weight excluding hydrogens is 292 g/mol. The van der Waals surface area contributed by atoms with Gasteiger partial charge < -0.3 is 9.67 Å². The van der Waals surface area contributed by atoms with Crippen molar-refractivity contribution in [3.05, 3.63) is 29.6 Å². The fraction of sp³-hybridized carbons (Fsp3) is 0.429. The van der Waals surface area contributed by atoms with Gasteiger partial charge >= 0.3 is 5.97 Å². The number of aromatic carboxylic acids is 1. The molecule has 0 saturated carbocycles. The number of carbonyl (C=O) groups is 1. The standard InChI is InChI=1S/C14H18N2O4S/c1-9-15-11-6-5-10(13(17)18)7-12(11)16(9)8-14(2,3)21(4,19)20/h5-7H,8H2,1-4H3,(H,17,18). The molecule has 0 aliphatic carbocycles. The van der Waals surface area contributed by atoms with Crippen LogP contribution in [-0.2, 0) is 16.4 Å². The average molecular weight is 310 g/mol. The summed E-state index contributed by atoms with van der Waals surface area (Å²) in [6, 6.07) is 4.65. The first-order valence-corrected chi connectivity index (χ1v) is 8.32. The molecule has 0 spiro atoms. The fourth-order valence-corrected chi connectivity index (χ4v) is 2.44. The minimum atomic E-state index is -3.26. The number of carboxylic acid groups (broad SMARTS) is 1. The van der Waals surface area contributed by atoms with E-state index in [1.165, 1.54) is 18.4 Å². The zero-order chi connectivity index (χ0) is 16.0. The highest BCUT2D eigenvalue weighted by Gasteiger charge is 2.31. The number of carboxylic acids is 1. The summed E-state index contributed by atoms with van der Waals surface area (Å²) in [5.41, 5.74) is 1.44. The van der Waals surface area contributed by atoms with Gasteiger partial charge in [0.25, 0.3) is 0 Å². The molecular formula is C14H18N2O4S. The van der Waals surface area contributed by atoms with Crippen LogP contribution in [0.1, 0.15) is 30.0 Å². The Hall–Kier alpha value is -1.89. The van der Waals surface area contributed by atoms with E-state index in [1.807, 2.05) is 0 Å². The summed E-state index contributed by atoms with van der Waals surface area (Å²) in [5.74, 6) is -0.367. The van der Waals surface area contributed by atoms with Gasteiger partial charge in [0.05, 0.1) is 21.3 Å². The molecule has 0 saturated heterocycles. The smallest absolute Gasteiger partial charge is 0.335 e. The Kier molecular flexibility index (Phi) is 3.57. The minimum Gasteiger partial charge on any atom is -0.478 e. The van der Waals surface area contributed by atoms with Crippen LogP contribution >= 0.6 is 0 Å². The Morgan fingerprint density at radius 2 is 2.00 bits per heavy atom. The molecule has 0 fully saturated rings. The molecule has 2 aromatic rings. The molecule has 1 aromatic carbocycles. The van der Waals surface area contributed by atoms with Gasteiger partial charge in [0.2, 0.25) is 0 Å². The third kappa shape index (κ3) is 2.78. The molecule has 114 valence electrons. The predicted octanol–water partition coefficient (Wildman–Crippen LogP) is 1.87. The number of sulfone groups is 1. The van der Waals surface area contributed by atoms with Crippen LogP contribution in [0.5, 0.6) is 0 Å². The van der Waals surface area contributed by atoms with Crippen molar-refractivity contribution < 1.29 is 18.3 Å². The normalized spacial score (nSPS) is 12.8. The molecule has 0 unspecified atom stereocenters. The lowest BCUT2D eigenvalue weighted by Crippen LogP contribution is -2.36. The number of benzene rings is 1. The first kappa shape index (κ1) is 15.5. The van der Waals surface area contributed by atoms with Crippen molar-refractivity contribution in [3.63, 3.8) is 0 Å². The first-order chi connectivity index (χ1) is 9.53. The topological polar surface area (TPSA) is 89.3 Å². The Bertz CT molecular complexity index is 819. The van der Waals surface area contributed by atoms with E-state index in [0.717, 1.165) is 0 Å². The summed E-state index contributed by atoms with van der Waals surface area (Å²) in [5, 5.41) is 9.08. The molecule has 1 aromatic heterocycles. The van der Waals surface area contributed by atoms with E-state index in [9.17, 15) is 13.2 Å². The van der Waals surface area contributed by atoms with E-state index in [-0.39, 0.29) is 12.1 Å². The second-order valence-corrected chi connectivity index (χ2v) is 8.44. The number of nitrogens with zero attached hydrogens (tertiary/aromatic N) is 2. The Morgan fingerprint density at radius 1 is 1.38 bits per heavy atom. The maximum Gasteiger partial charge on any atom is 0.335 e. The van der Waals surface area contributed by atoms with Crippen LogP contribution in [0.25, 0.3) is 11.0 Å². The molecule has 0 aliphatic rings. The van der Waals surface area contributed by atoms with Gasteiger partial charge in [0.15, 0.2) is 9.84 Å². The second-order valence-electron chi connectivity index (χ2n) is 5.79. The highest BCUT2D eigenvalue weighted by molar-refractivity contribution is 7.92. The highest BCUT2D eigenvalue weighted by Crippen LogP contribution is 2.24. The summed E-state index contributed by atoms with van der Waals surface area (Å²) in [6.07, 6.45) is 1.20. The van der Waals surface area contributed by atoms with Crippen molar-refractivity contribution >= 4 is 26.8 Å². The molecule has 0 bridgehead atoms. The minimum absolute atomic E-state index is 0.154. The number of imidazole rings is 1. The van der Waals surface area contributed by atoms with Gasteiger partial charge in [0.1, 0.15) is 5.82 Å². The van der Waals surface area contributed by atoms with Crippen molar-refractivity contribution in [2.24, 2.45) is 0 Å². The van der Waals surface area contributed by atoms with Crippen molar-refractivity contribution in [2.45, 2.75) is 32.1 Å². The van der Waals surface area contributed by atoms with Gasteiger partial charge in [-0.25, -0.2) is 18.2 Å². The van der Waals surface area contributed by atoms with Gasteiger partial charge in [-0.15, -0.1) is 0 Å². The van der Waals surface area contributed by atoms with Gasteiger partial charge in [-0.2, -0.15) is 0 Å². The van der Waals surface area contributed by atoms with Gasteiger partial charge in [-0.3, -0.25) is 0 Å². The summed E-state index contributed by atoms with van der Waals surface area (Å²) in [7, 11) is -3.26. The van der Waals surface area contributed by atoms with Crippen LogP contribution in [0, 0.1) is 6.92 Å². The fourth-order valence-electron chi connectivity index (χ4n) is 2.07. The number of hydrogen-bond acceptors (Lipinski definition) is 4. The zero-order valence-electron chi connectivity index (χ0n) is 12.4. The summed E-state index contributed by atoms with van der Waals surface area (Å²) < 4.78 is 24.5. The van der Waals surface area contributed by atoms with Gasteiger partial charge in [0, 0.05) is 12.8 Å². The third-order valence-electron chi connectivity index (χ3n) is 3.73. The number of aromatic nitrogens is 2. The summed E-state index contributed by atoms with van der Waals surface area (Å²) in [6.45, 7) is 5.29. The van der Waals surface area contributed by atoms with Crippen LogP contribution in [0.15, 0.2) is 18.2 Å². The van der Waals surface area contributed by atoms with Crippen molar-refractivity contribution in [2.75, 3.05) is 6.26 Å². The quantitative estimate of drug-likeness (QED) is 0.931. The maximum atomic E-state index is 11.9. The molecule has 0 aliphatic heterocycles. The number of rotatable bonds is 4. The van der Waals surface area contributed by atoms with Crippen LogP contribution in [0.3, 0.4) is 0 Å². The Balaban J connectivity index is 2.61. The van der Waals surface area contributed by atoms with Crippen molar-refractivity contribution in [1.29, 1.82) is 0 Å². The van der Waals surface area contributed by atoms with E-state index in [2.05, 4.69) is 4.98 Å². The second kappa shape index (κ2) is 4.84. The Morgan fingerprint density at radius 3 is 2.52 bits per heavy atom. The lowest BCUT2D eigenvalue weighted by atomic mass is 10.1. The van der Waals surface area contributed by atoms with Crippen LogP contribution in [0.2, 0.25) is 0 Å².